The molecule has 0 bridgehead atoms. The average Bonchev–Trinajstić information content (AvgIpc) is 2.64. The van der Waals surface area contributed by atoms with Gasteiger partial charge in [-0.05, 0) is 18.1 Å². The van der Waals surface area contributed by atoms with Crippen LogP contribution >= 0.6 is 0 Å². The molecule has 6 nitrogen and oxygen atoms in total. The summed E-state index contributed by atoms with van der Waals surface area (Å²) in [5, 5.41) is 0. The number of halogens is 3. The Morgan fingerprint density at radius 1 is 1.22 bits per heavy atom. The first-order valence-corrected chi connectivity index (χ1v) is 8.39. The Morgan fingerprint density at radius 2 is 1.89 bits per heavy atom. The zero-order valence-corrected chi connectivity index (χ0v) is 15.3. The molecule has 0 amide bonds. The van der Waals surface area contributed by atoms with E-state index in [0.29, 0.717) is 12.1 Å². The number of hydrogen-bond acceptors (Lipinski definition) is 6. The van der Waals surface area contributed by atoms with E-state index in [1.807, 2.05) is 13.8 Å². The van der Waals surface area contributed by atoms with E-state index in [0.717, 1.165) is 6.07 Å². The number of carbonyl (C=O) groups is 1. The quantitative estimate of drug-likeness (QED) is 0.682. The number of pyridine rings is 1. The van der Waals surface area contributed by atoms with Crippen molar-refractivity contribution >= 4 is 11.8 Å². The Balaban J connectivity index is 2.48. The van der Waals surface area contributed by atoms with Crippen molar-refractivity contribution in [3.63, 3.8) is 0 Å². The van der Waals surface area contributed by atoms with Gasteiger partial charge >= 0.3 is 12.1 Å². The number of rotatable bonds is 7. The van der Waals surface area contributed by atoms with Crippen LogP contribution in [0.2, 0.25) is 0 Å². The molecule has 0 aromatic carbocycles. The van der Waals surface area contributed by atoms with E-state index in [-0.39, 0.29) is 30.5 Å². The molecule has 0 radical (unpaired) electrons. The third-order valence-corrected chi connectivity index (χ3v) is 3.66. The van der Waals surface area contributed by atoms with Crippen LogP contribution in [-0.2, 0) is 15.7 Å². The molecule has 0 aliphatic heterocycles. The summed E-state index contributed by atoms with van der Waals surface area (Å²) in [5.74, 6) is -0.227. The van der Waals surface area contributed by atoms with Gasteiger partial charge in [0.25, 0.3) is 0 Å². The predicted molar refractivity (Wildman–Crippen MR) is 93.9 cm³/mol. The molecule has 0 aliphatic carbocycles. The van der Waals surface area contributed by atoms with E-state index in [9.17, 15) is 18.0 Å². The number of carbonyl (C=O) groups excluding carboxylic acids is 1. The lowest BCUT2D eigenvalue weighted by Gasteiger charge is -2.26. The summed E-state index contributed by atoms with van der Waals surface area (Å²) < 4.78 is 44.7. The number of alkyl halides is 3. The van der Waals surface area contributed by atoms with Crippen LogP contribution in [0, 0.1) is 5.92 Å². The molecule has 0 saturated heterocycles. The lowest BCUT2D eigenvalue weighted by Crippen LogP contribution is -2.31. The Hall–Kier alpha value is -2.71. The first kappa shape index (κ1) is 20.6. The van der Waals surface area contributed by atoms with Gasteiger partial charge in [0, 0.05) is 37.1 Å². The van der Waals surface area contributed by atoms with Crippen molar-refractivity contribution in [3.05, 3.63) is 36.3 Å². The summed E-state index contributed by atoms with van der Waals surface area (Å²) in [5.41, 5.74) is -0.610. The van der Waals surface area contributed by atoms with Gasteiger partial charge in [-0.3, -0.25) is 9.78 Å². The van der Waals surface area contributed by atoms with Gasteiger partial charge in [-0.15, -0.1) is 0 Å². The Morgan fingerprint density at radius 3 is 2.44 bits per heavy atom. The second kappa shape index (κ2) is 8.79. The van der Waals surface area contributed by atoms with E-state index in [2.05, 4.69) is 19.7 Å². The first-order valence-electron chi connectivity index (χ1n) is 8.39. The van der Waals surface area contributed by atoms with Crippen LogP contribution in [0.3, 0.4) is 0 Å². The van der Waals surface area contributed by atoms with Gasteiger partial charge in [-0.1, -0.05) is 13.8 Å². The molecule has 0 saturated carbocycles. The molecule has 9 heteroatoms. The molecule has 0 spiro atoms. The van der Waals surface area contributed by atoms with Gasteiger partial charge in [0.2, 0.25) is 0 Å². The molecule has 0 unspecified atom stereocenters. The van der Waals surface area contributed by atoms with Crippen molar-refractivity contribution in [1.82, 2.24) is 15.0 Å². The van der Waals surface area contributed by atoms with Gasteiger partial charge in [0.15, 0.2) is 11.5 Å². The van der Waals surface area contributed by atoms with Gasteiger partial charge < -0.3 is 9.64 Å². The Labute approximate surface area is 155 Å². The molecule has 0 aliphatic rings. The van der Waals surface area contributed by atoms with Crippen LogP contribution < -0.4 is 4.90 Å². The molecule has 2 aromatic rings. The minimum absolute atomic E-state index is 0.0408. The van der Waals surface area contributed by atoms with Gasteiger partial charge in [0.1, 0.15) is 5.82 Å². The molecule has 0 fully saturated rings. The fourth-order valence-electron chi connectivity index (χ4n) is 2.44. The van der Waals surface area contributed by atoms with Crippen molar-refractivity contribution in [1.29, 1.82) is 0 Å². The monoisotopic (exact) mass is 382 g/mol. The average molecular weight is 382 g/mol. The normalized spacial score (nSPS) is 11.5. The number of hydrogen-bond donors (Lipinski definition) is 0. The molecule has 0 N–H and O–H groups in total. The zero-order chi connectivity index (χ0) is 20.0. The molecule has 146 valence electrons. The number of anilines is 1. The van der Waals surface area contributed by atoms with Crippen molar-refractivity contribution < 1.29 is 22.7 Å². The maximum absolute atomic E-state index is 13.4. The lowest BCUT2D eigenvalue weighted by molar-refractivity contribution is -0.141. The van der Waals surface area contributed by atoms with E-state index in [4.69, 9.17) is 0 Å². The SMILES string of the molecule is COC(=O)CCN(CC(C)C)c1cc(C(F)(F)F)nc(-c2ccncc2)n1. The van der Waals surface area contributed by atoms with E-state index < -0.39 is 17.8 Å². The summed E-state index contributed by atoms with van der Waals surface area (Å²) >= 11 is 0. The third-order valence-electron chi connectivity index (χ3n) is 3.66. The minimum Gasteiger partial charge on any atom is -0.469 e. The second-order valence-electron chi connectivity index (χ2n) is 6.33. The Bertz CT molecular complexity index is 767. The molecule has 2 heterocycles. The highest BCUT2D eigenvalue weighted by molar-refractivity contribution is 5.70. The minimum atomic E-state index is -4.62. The van der Waals surface area contributed by atoms with Crippen LogP contribution in [0.15, 0.2) is 30.6 Å². The van der Waals surface area contributed by atoms with E-state index in [1.165, 1.54) is 19.5 Å². The first-order chi connectivity index (χ1) is 12.7. The van der Waals surface area contributed by atoms with Crippen molar-refractivity contribution in [3.8, 4) is 11.4 Å². The maximum atomic E-state index is 13.4. The van der Waals surface area contributed by atoms with Gasteiger partial charge in [-0.25, -0.2) is 9.97 Å². The highest BCUT2D eigenvalue weighted by atomic mass is 19.4. The van der Waals surface area contributed by atoms with Crippen molar-refractivity contribution in [2.24, 2.45) is 5.92 Å². The van der Waals surface area contributed by atoms with Gasteiger partial charge in [-0.2, -0.15) is 13.2 Å². The molecule has 0 atom stereocenters. The van der Waals surface area contributed by atoms with Crippen LogP contribution in [0.25, 0.3) is 11.4 Å². The predicted octanol–water partition coefficient (Wildman–Crippen LogP) is 3.58. The van der Waals surface area contributed by atoms with E-state index in [1.54, 1.807) is 17.0 Å². The zero-order valence-electron chi connectivity index (χ0n) is 15.3. The van der Waals surface area contributed by atoms with Crippen LogP contribution in [0.5, 0.6) is 0 Å². The fraction of sp³-hybridized carbons (Fsp3) is 0.444. The maximum Gasteiger partial charge on any atom is 0.433 e. The lowest BCUT2D eigenvalue weighted by atomic mass is 10.2. The third kappa shape index (κ3) is 5.90. The summed E-state index contributed by atoms with van der Waals surface area (Å²) in [7, 11) is 1.27. The van der Waals surface area contributed by atoms with Crippen LogP contribution in [0.1, 0.15) is 26.0 Å². The highest BCUT2D eigenvalue weighted by Crippen LogP contribution is 2.31. The number of methoxy groups -OCH3 is 1. The summed E-state index contributed by atoms with van der Waals surface area (Å²) in [6, 6.07) is 3.99. The summed E-state index contributed by atoms with van der Waals surface area (Å²) in [6.07, 6.45) is -1.66. The van der Waals surface area contributed by atoms with Crippen LogP contribution in [-0.4, -0.2) is 41.1 Å². The number of ether oxygens (including phenoxy) is 1. The van der Waals surface area contributed by atoms with E-state index >= 15 is 0 Å². The molecular formula is C18H21F3N4O2. The summed E-state index contributed by atoms with van der Waals surface area (Å²) in [4.78, 5) is 25.0. The van der Waals surface area contributed by atoms with Crippen LogP contribution in [0.4, 0.5) is 19.0 Å². The highest BCUT2D eigenvalue weighted by Gasteiger charge is 2.34. The molecule has 27 heavy (non-hydrogen) atoms. The fourth-order valence-corrected chi connectivity index (χ4v) is 2.44. The number of nitrogens with zero attached hydrogens (tertiary/aromatic N) is 4. The topological polar surface area (TPSA) is 68.2 Å². The smallest absolute Gasteiger partial charge is 0.433 e. The Kier molecular flexibility index (Phi) is 6.70. The second-order valence-corrected chi connectivity index (χ2v) is 6.33. The summed E-state index contributed by atoms with van der Waals surface area (Å²) in [6.45, 7) is 4.48. The van der Waals surface area contributed by atoms with Gasteiger partial charge in [0.05, 0.1) is 13.5 Å². The number of esters is 1. The largest absolute Gasteiger partial charge is 0.469 e. The number of aromatic nitrogens is 3. The van der Waals surface area contributed by atoms with Crippen molar-refractivity contribution in [2.45, 2.75) is 26.4 Å². The molecule has 2 aromatic heterocycles. The molecule has 2 rings (SSSR count). The van der Waals surface area contributed by atoms with Crippen molar-refractivity contribution in [2.75, 3.05) is 25.1 Å². The standard InChI is InChI=1S/C18H21F3N4O2/c1-12(2)11-25(9-6-16(26)27-3)15-10-14(18(19,20)21)23-17(24-15)13-4-7-22-8-5-13/h4-5,7-8,10,12H,6,9,11H2,1-3H3. The molecular weight excluding hydrogens is 361 g/mol.